The Morgan fingerprint density at radius 1 is 1.45 bits per heavy atom. The first-order valence-electron chi connectivity index (χ1n) is 3.59. The lowest BCUT2D eigenvalue weighted by molar-refractivity contribution is -0.137. The third kappa shape index (κ3) is 7.06. The number of hydrogen-bond donors (Lipinski definition) is 0. The Hall–Kier alpha value is -0.830. The number of esters is 1. The van der Waals surface area contributed by atoms with E-state index in [0.29, 0.717) is 13.2 Å². The predicted molar refractivity (Wildman–Crippen MR) is 42.3 cm³/mol. The molecule has 0 atom stereocenters. The minimum Gasteiger partial charge on any atom is -0.463 e. The van der Waals surface area contributed by atoms with Crippen molar-refractivity contribution < 1.29 is 14.3 Å². The van der Waals surface area contributed by atoms with Crippen molar-refractivity contribution in [3.8, 4) is 0 Å². The summed E-state index contributed by atoms with van der Waals surface area (Å²) in [5, 5.41) is 0. The van der Waals surface area contributed by atoms with Gasteiger partial charge in [-0.3, -0.25) is 0 Å². The average molecular weight is 158 g/mol. The van der Waals surface area contributed by atoms with Gasteiger partial charge in [0.25, 0.3) is 0 Å². The molecule has 0 radical (unpaired) electrons. The van der Waals surface area contributed by atoms with E-state index < -0.39 is 0 Å². The van der Waals surface area contributed by atoms with E-state index in [9.17, 15) is 4.79 Å². The average Bonchev–Trinajstić information content (AvgIpc) is 2.04. The van der Waals surface area contributed by atoms with Crippen molar-refractivity contribution in [3.05, 3.63) is 12.7 Å². The Balaban J connectivity index is 3.01. The lowest BCUT2D eigenvalue weighted by Crippen LogP contribution is -2.02. The maximum absolute atomic E-state index is 10.5. The van der Waals surface area contributed by atoms with E-state index in [4.69, 9.17) is 9.47 Å². The maximum Gasteiger partial charge on any atom is 0.330 e. The Bertz CT molecular complexity index is 121. The Morgan fingerprint density at radius 3 is 2.64 bits per heavy atom. The van der Waals surface area contributed by atoms with E-state index >= 15 is 0 Å². The molecule has 0 heterocycles. The van der Waals surface area contributed by atoms with E-state index in [0.717, 1.165) is 18.9 Å². The molecule has 0 unspecified atom stereocenters. The lowest BCUT2D eigenvalue weighted by atomic mass is 10.3. The predicted octanol–water partition coefficient (Wildman–Crippen LogP) is 1.14. The third-order valence-electron chi connectivity index (χ3n) is 1.15. The summed E-state index contributed by atoms with van der Waals surface area (Å²) in [5.41, 5.74) is 0. The standard InChI is InChI=1S/C8H14O3/c1-3-8(9)11-7-5-4-6-10-2/h3H,1,4-7H2,2H3. The van der Waals surface area contributed by atoms with Gasteiger partial charge in [0.15, 0.2) is 0 Å². The lowest BCUT2D eigenvalue weighted by Gasteiger charge is -2.00. The van der Waals surface area contributed by atoms with Crippen molar-refractivity contribution in [2.24, 2.45) is 0 Å². The molecule has 0 aromatic rings. The number of carbonyl (C=O) groups is 1. The smallest absolute Gasteiger partial charge is 0.330 e. The number of carbonyl (C=O) groups excluding carboxylic acids is 1. The molecule has 0 bridgehead atoms. The molecule has 0 fully saturated rings. The molecule has 11 heavy (non-hydrogen) atoms. The topological polar surface area (TPSA) is 35.5 Å². The Morgan fingerprint density at radius 2 is 2.09 bits per heavy atom. The zero-order valence-corrected chi connectivity index (χ0v) is 6.84. The zero-order chi connectivity index (χ0) is 8.53. The van der Waals surface area contributed by atoms with Gasteiger partial charge in [0.2, 0.25) is 0 Å². The molecular weight excluding hydrogens is 144 g/mol. The molecule has 0 aromatic carbocycles. The molecule has 3 heteroatoms. The number of ether oxygens (including phenoxy) is 2. The molecule has 0 rings (SSSR count). The second kappa shape index (κ2) is 7.28. The van der Waals surface area contributed by atoms with Crippen molar-refractivity contribution in [1.29, 1.82) is 0 Å². The van der Waals surface area contributed by atoms with E-state index in [-0.39, 0.29) is 5.97 Å². The first kappa shape index (κ1) is 10.2. The molecule has 64 valence electrons. The van der Waals surface area contributed by atoms with E-state index in [1.807, 2.05) is 0 Å². The van der Waals surface area contributed by atoms with Gasteiger partial charge in [-0.2, -0.15) is 0 Å². The molecule has 0 aliphatic carbocycles. The molecule has 0 spiro atoms. The summed E-state index contributed by atoms with van der Waals surface area (Å²) >= 11 is 0. The molecule has 0 saturated heterocycles. The molecular formula is C8H14O3. The van der Waals surface area contributed by atoms with Gasteiger partial charge < -0.3 is 9.47 Å². The van der Waals surface area contributed by atoms with Crippen LogP contribution in [0.1, 0.15) is 12.8 Å². The molecule has 0 saturated carbocycles. The molecule has 0 N–H and O–H groups in total. The van der Waals surface area contributed by atoms with Crippen LogP contribution in [-0.4, -0.2) is 26.3 Å². The minimum absolute atomic E-state index is 0.359. The van der Waals surface area contributed by atoms with Gasteiger partial charge in [-0.15, -0.1) is 0 Å². The summed E-state index contributed by atoms with van der Waals surface area (Å²) in [4.78, 5) is 10.5. The van der Waals surface area contributed by atoms with Crippen LogP contribution in [-0.2, 0) is 14.3 Å². The Kier molecular flexibility index (Phi) is 6.73. The molecule has 0 aliphatic heterocycles. The van der Waals surface area contributed by atoms with Gasteiger partial charge in [-0.05, 0) is 12.8 Å². The number of methoxy groups -OCH3 is 1. The van der Waals surface area contributed by atoms with Crippen LogP contribution in [0.25, 0.3) is 0 Å². The summed E-state index contributed by atoms with van der Waals surface area (Å²) < 4.78 is 9.54. The van der Waals surface area contributed by atoms with Crippen LogP contribution in [0, 0.1) is 0 Å². The highest BCUT2D eigenvalue weighted by molar-refractivity contribution is 5.81. The van der Waals surface area contributed by atoms with Crippen molar-refractivity contribution in [1.82, 2.24) is 0 Å². The highest BCUT2D eigenvalue weighted by Crippen LogP contribution is 1.90. The molecule has 3 nitrogen and oxygen atoms in total. The van der Waals surface area contributed by atoms with Crippen molar-refractivity contribution in [2.75, 3.05) is 20.3 Å². The summed E-state index contributed by atoms with van der Waals surface area (Å²) in [6, 6.07) is 0. The highest BCUT2D eigenvalue weighted by atomic mass is 16.5. The second-order valence-corrected chi connectivity index (χ2v) is 2.07. The number of rotatable bonds is 6. The van der Waals surface area contributed by atoms with Gasteiger partial charge in [-0.1, -0.05) is 6.58 Å². The summed E-state index contributed by atoms with van der Waals surface area (Å²) in [6.07, 6.45) is 2.92. The largest absolute Gasteiger partial charge is 0.463 e. The van der Waals surface area contributed by atoms with Gasteiger partial charge in [0, 0.05) is 19.8 Å². The first-order valence-corrected chi connectivity index (χ1v) is 3.59. The van der Waals surface area contributed by atoms with Crippen molar-refractivity contribution in [3.63, 3.8) is 0 Å². The second-order valence-electron chi connectivity index (χ2n) is 2.07. The van der Waals surface area contributed by atoms with Gasteiger partial charge >= 0.3 is 5.97 Å². The fraction of sp³-hybridized carbons (Fsp3) is 0.625. The molecule has 0 aromatic heterocycles. The monoisotopic (exact) mass is 158 g/mol. The van der Waals surface area contributed by atoms with Crippen LogP contribution in [0.3, 0.4) is 0 Å². The summed E-state index contributed by atoms with van der Waals surface area (Å²) in [7, 11) is 1.65. The fourth-order valence-electron chi connectivity index (χ4n) is 0.580. The van der Waals surface area contributed by atoms with Gasteiger partial charge in [0.1, 0.15) is 0 Å². The van der Waals surface area contributed by atoms with Gasteiger partial charge in [0.05, 0.1) is 6.61 Å². The zero-order valence-electron chi connectivity index (χ0n) is 6.84. The number of unbranched alkanes of at least 4 members (excludes halogenated alkanes) is 1. The minimum atomic E-state index is -0.359. The van der Waals surface area contributed by atoms with Crippen LogP contribution < -0.4 is 0 Å². The van der Waals surface area contributed by atoms with Crippen LogP contribution in [0.15, 0.2) is 12.7 Å². The normalized spacial score (nSPS) is 9.18. The van der Waals surface area contributed by atoms with E-state index in [2.05, 4.69) is 6.58 Å². The van der Waals surface area contributed by atoms with Crippen LogP contribution in [0.5, 0.6) is 0 Å². The summed E-state index contributed by atoms with van der Waals surface area (Å²) in [6.45, 7) is 4.44. The maximum atomic E-state index is 10.5. The Labute approximate surface area is 67.0 Å². The van der Waals surface area contributed by atoms with Crippen LogP contribution in [0.4, 0.5) is 0 Å². The first-order chi connectivity index (χ1) is 5.31. The van der Waals surface area contributed by atoms with Gasteiger partial charge in [-0.25, -0.2) is 4.79 Å². The summed E-state index contributed by atoms with van der Waals surface area (Å²) in [5.74, 6) is -0.359. The van der Waals surface area contributed by atoms with Crippen molar-refractivity contribution in [2.45, 2.75) is 12.8 Å². The number of hydrogen-bond acceptors (Lipinski definition) is 3. The van der Waals surface area contributed by atoms with Crippen LogP contribution >= 0.6 is 0 Å². The fourth-order valence-corrected chi connectivity index (χ4v) is 0.580. The molecule has 0 aliphatic rings. The van der Waals surface area contributed by atoms with Crippen molar-refractivity contribution >= 4 is 5.97 Å². The third-order valence-corrected chi connectivity index (χ3v) is 1.15. The van der Waals surface area contributed by atoms with Crippen LogP contribution in [0.2, 0.25) is 0 Å². The van der Waals surface area contributed by atoms with E-state index in [1.165, 1.54) is 0 Å². The van der Waals surface area contributed by atoms with E-state index in [1.54, 1.807) is 7.11 Å². The SMILES string of the molecule is C=CC(=O)OCCCCOC. The highest BCUT2D eigenvalue weighted by Gasteiger charge is 1.93. The molecule has 0 amide bonds. The quantitative estimate of drug-likeness (QED) is 0.330.